The van der Waals surface area contributed by atoms with E-state index in [1.807, 2.05) is 24.4 Å². The van der Waals surface area contributed by atoms with Gasteiger partial charge in [0.05, 0.1) is 5.41 Å². The zero-order chi connectivity index (χ0) is 19.8. The molecule has 3 heterocycles. The topological polar surface area (TPSA) is 63.7 Å². The van der Waals surface area contributed by atoms with Crippen LogP contribution in [-0.4, -0.2) is 35.7 Å². The molecule has 1 amide bonds. The SMILES string of the molecule is CCC(c1cnc(NC(=O)C2(c3ccc4c(c3)OCO4)CC2)s1)N1CCCCC1. The van der Waals surface area contributed by atoms with E-state index in [2.05, 4.69) is 22.1 Å². The molecule has 1 saturated heterocycles. The van der Waals surface area contributed by atoms with Gasteiger partial charge in [-0.15, -0.1) is 11.3 Å². The van der Waals surface area contributed by atoms with Gasteiger partial charge < -0.3 is 14.8 Å². The molecule has 2 aliphatic heterocycles. The highest BCUT2D eigenvalue weighted by molar-refractivity contribution is 7.15. The molecular weight excluding hydrogens is 386 g/mol. The number of thiazole rings is 1. The van der Waals surface area contributed by atoms with Crippen LogP contribution in [-0.2, 0) is 10.2 Å². The molecule has 0 bridgehead atoms. The van der Waals surface area contributed by atoms with Crippen LogP contribution in [0, 0.1) is 0 Å². The van der Waals surface area contributed by atoms with Crippen LogP contribution in [0.15, 0.2) is 24.4 Å². The average molecular weight is 414 g/mol. The number of likely N-dealkylation sites (tertiary alicyclic amines) is 1. The van der Waals surface area contributed by atoms with E-state index in [1.54, 1.807) is 11.3 Å². The van der Waals surface area contributed by atoms with E-state index in [0.717, 1.165) is 49.4 Å². The molecule has 1 saturated carbocycles. The van der Waals surface area contributed by atoms with E-state index in [-0.39, 0.29) is 12.7 Å². The van der Waals surface area contributed by atoms with Crippen LogP contribution in [0.25, 0.3) is 0 Å². The highest BCUT2D eigenvalue weighted by Crippen LogP contribution is 2.51. The minimum Gasteiger partial charge on any atom is -0.454 e. The third-order valence-electron chi connectivity index (χ3n) is 6.40. The van der Waals surface area contributed by atoms with Crippen molar-refractivity contribution in [2.24, 2.45) is 0 Å². The van der Waals surface area contributed by atoms with Crippen LogP contribution in [0.5, 0.6) is 11.5 Å². The fourth-order valence-corrected chi connectivity index (χ4v) is 5.58. The number of rotatable bonds is 6. The lowest BCUT2D eigenvalue weighted by Crippen LogP contribution is -2.33. The first-order chi connectivity index (χ1) is 14.2. The summed E-state index contributed by atoms with van der Waals surface area (Å²) in [6.07, 6.45) is 8.59. The molecule has 6 nitrogen and oxygen atoms in total. The van der Waals surface area contributed by atoms with Crippen molar-refractivity contribution >= 4 is 22.4 Å². The van der Waals surface area contributed by atoms with Crippen LogP contribution in [0.1, 0.15) is 61.9 Å². The molecule has 29 heavy (non-hydrogen) atoms. The maximum Gasteiger partial charge on any atom is 0.236 e. The standard InChI is InChI=1S/C22H27N3O3S/c1-2-16(25-10-4-3-5-11-25)19-13-23-21(29-19)24-20(26)22(8-9-22)15-6-7-17-18(12-15)28-14-27-17/h6-7,12-13,16H,2-5,8-11,14H2,1H3,(H,23,24,26). The second kappa shape index (κ2) is 7.61. The molecule has 1 aromatic heterocycles. The van der Waals surface area contributed by atoms with Gasteiger partial charge in [-0.05, 0) is 62.9 Å². The second-order valence-electron chi connectivity index (χ2n) is 8.19. The van der Waals surface area contributed by atoms with Gasteiger partial charge in [0.1, 0.15) is 0 Å². The molecule has 7 heteroatoms. The lowest BCUT2D eigenvalue weighted by molar-refractivity contribution is -0.118. The Bertz CT molecular complexity index is 902. The van der Waals surface area contributed by atoms with Crippen LogP contribution in [0.4, 0.5) is 5.13 Å². The van der Waals surface area contributed by atoms with E-state index in [1.165, 1.54) is 24.1 Å². The van der Waals surface area contributed by atoms with E-state index in [0.29, 0.717) is 11.2 Å². The van der Waals surface area contributed by atoms with Crippen molar-refractivity contribution in [2.45, 2.75) is 56.9 Å². The van der Waals surface area contributed by atoms with E-state index in [9.17, 15) is 4.79 Å². The third kappa shape index (κ3) is 3.51. The van der Waals surface area contributed by atoms with Crippen LogP contribution in [0.3, 0.4) is 0 Å². The summed E-state index contributed by atoms with van der Waals surface area (Å²) in [6, 6.07) is 6.24. The largest absolute Gasteiger partial charge is 0.454 e. The van der Waals surface area contributed by atoms with Crippen molar-refractivity contribution in [1.82, 2.24) is 9.88 Å². The smallest absolute Gasteiger partial charge is 0.236 e. The second-order valence-corrected chi connectivity index (χ2v) is 9.25. The van der Waals surface area contributed by atoms with Crippen molar-refractivity contribution in [3.8, 4) is 11.5 Å². The first-order valence-corrected chi connectivity index (χ1v) is 11.4. The fourth-order valence-electron chi connectivity index (χ4n) is 4.55. The number of carbonyl (C=O) groups is 1. The number of aromatic nitrogens is 1. The number of amides is 1. The van der Waals surface area contributed by atoms with E-state index in [4.69, 9.17) is 9.47 Å². The Kier molecular flexibility index (Phi) is 4.95. The number of fused-ring (bicyclic) bond motifs is 1. The Morgan fingerprint density at radius 2 is 2.03 bits per heavy atom. The fraction of sp³-hybridized carbons (Fsp3) is 0.545. The summed E-state index contributed by atoms with van der Waals surface area (Å²) in [5.41, 5.74) is 0.528. The predicted molar refractivity (Wildman–Crippen MR) is 113 cm³/mol. The van der Waals surface area contributed by atoms with Crippen LogP contribution < -0.4 is 14.8 Å². The monoisotopic (exact) mass is 413 g/mol. The minimum atomic E-state index is -0.468. The number of hydrogen-bond donors (Lipinski definition) is 1. The minimum absolute atomic E-state index is 0.0308. The molecule has 1 unspecified atom stereocenters. The molecule has 2 fully saturated rings. The first-order valence-electron chi connectivity index (χ1n) is 10.6. The molecule has 1 aromatic carbocycles. The Morgan fingerprint density at radius 3 is 2.79 bits per heavy atom. The molecule has 0 spiro atoms. The zero-order valence-corrected chi connectivity index (χ0v) is 17.6. The highest BCUT2D eigenvalue weighted by atomic mass is 32.1. The van der Waals surface area contributed by atoms with E-state index < -0.39 is 5.41 Å². The lowest BCUT2D eigenvalue weighted by atomic mass is 9.94. The number of benzene rings is 1. The summed E-state index contributed by atoms with van der Waals surface area (Å²) in [5.74, 6) is 1.51. The number of ether oxygens (including phenoxy) is 2. The summed E-state index contributed by atoms with van der Waals surface area (Å²) in [4.78, 5) is 21.5. The van der Waals surface area contributed by atoms with E-state index >= 15 is 0 Å². The molecular formula is C22H27N3O3S. The number of piperidine rings is 1. The molecule has 1 N–H and O–H groups in total. The summed E-state index contributed by atoms with van der Waals surface area (Å²) >= 11 is 1.62. The Morgan fingerprint density at radius 1 is 1.24 bits per heavy atom. The van der Waals surface area contributed by atoms with Gasteiger partial charge in [-0.3, -0.25) is 9.69 Å². The number of anilines is 1. The van der Waals surface area contributed by atoms with Crippen molar-refractivity contribution in [1.29, 1.82) is 0 Å². The van der Waals surface area contributed by atoms with Gasteiger partial charge in [0.25, 0.3) is 0 Å². The number of hydrogen-bond acceptors (Lipinski definition) is 6. The first kappa shape index (κ1) is 18.9. The molecule has 1 aliphatic carbocycles. The highest BCUT2D eigenvalue weighted by Gasteiger charge is 2.52. The zero-order valence-electron chi connectivity index (χ0n) is 16.8. The van der Waals surface area contributed by atoms with Gasteiger partial charge in [-0.25, -0.2) is 4.98 Å². The van der Waals surface area contributed by atoms with Gasteiger partial charge in [0, 0.05) is 17.1 Å². The molecule has 2 aromatic rings. The van der Waals surface area contributed by atoms with Crippen LogP contribution >= 0.6 is 11.3 Å². The maximum atomic E-state index is 13.1. The van der Waals surface area contributed by atoms with Gasteiger partial charge in [-0.2, -0.15) is 0 Å². The third-order valence-corrected chi connectivity index (χ3v) is 7.41. The molecule has 3 aliphatic rings. The van der Waals surface area contributed by atoms with Gasteiger partial charge >= 0.3 is 0 Å². The lowest BCUT2D eigenvalue weighted by Gasteiger charge is -2.33. The van der Waals surface area contributed by atoms with Gasteiger partial charge in [0.2, 0.25) is 12.7 Å². The van der Waals surface area contributed by atoms with Gasteiger partial charge in [-0.1, -0.05) is 19.4 Å². The number of nitrogens with zero attached hydrogens (tertiary/aromatic N) is 2. The number of nitrogens with one attached hydrogen (secondary N) is 1. The molecule has 5 rings (SSSR count). The maximum absolute atomic E-state index is 13.1. The Balaban J connectivity index is 1.30. The van der Waals surface area contributed by atoms with Crippen molar-refractivity contribution in [2.75, 3.05) is 25.2 Å². The summed E-state index contributed by atoms with van der Waals surface area (Å²) < 4.78 is 10.9. The predicted octanol–water partition coefficient (Wildman–Crippen LogP) is 4.48. The van der Waals surface area contributed by atoms with Crippen molar-refractivity contribution < 1.29 is 14.3 Å². The van der Waals surface area contributed by atoms with Crippen molar-refractivity contribution in [3.63, 3.8) is 0 Å². The summed E-state index contributed by atoms with van der Waals surface area (Å²) in [7, 11) is 0. The van der Waals surface area contributed by atoms with Crippen LogP contribution in [0.2, 0.25) is 0 Å². The molecule has 0 radical (unpaired) electrons. The Labute approximate surface area is 175 Å². The summed E-state index contributed by atoms with van der Waals surface area (Å²) in [6.45, 7) is 4.79. The molecule has 1 atom stereocenters. The average Bonchev–Trinajstić information content (AvgIpc) is 3.21. The normalized spacial score (nSPS) is 21.0. The quantitative estimate of drug-likeness (QED) is 0.757. The Hall–Kier alpha value is -2.12. The van der Waals surface area contributed by atoms with Crippen molar-refractivity contribution in [3.05, 3.63) is 34.8 Å². The molecule has 154 valence electrons. The number of carbonyl (C=O) groups excluding carboxylic acids is 1. The summed E-state index contributed by atoms with van der Waals surface area (Å²) in [5, 5.41) is 3.79. The van der Waals surface area contributed by atoms with Gasteiger partial charge in [0.15, 0.2) is 16.6 Å².